The summed E-state index contributed by atoms with van der Waals surface area (Å²) < 4.78 is 26.7. The molecule has 4 heterocycles. The summed E-state index contributed by atoms with van der Waals surface area (Å²) in [5.41, 5.74) is 2.42. The summed E-state index contributed by atoms with van der Waals surface area (Å²) in [6, 6.07) is 8.68. The first-order valence-corrected chi connectivity index (χ1v) is 11.6. The van der Waals surface area contributed by atoms with Crippen LogP contribution in [0.3, 0.4) is 0 Å². The van der Waals surface area contributed by atoms with Crippen LogP contribution in [-0.4, -0.2) is 53.3 Å². The van der Waals surface area contributed by atoms with Crippen LogP contribution in [0.2, 0.25) is 0 Å². The van der Waals surface area contributed by atoms with E-state index in [2.05, 4.69) is 15.2 Å². The lowest BCUT2D eigenvalue weighted by atomic mass is 10.0. The Morgan fingerprint density at radius 2 is 1.88 bits per heavy atom. The van der Waals surface area contributed by atoms with Crippen molar-refractivity contribution in [3.8, 4) is 11.5 Å². The number of nitrogens with one attached hydrogen (secondary N) is 1. The molecule has 2 aliphatic heterocycles. The summed E-state index contributed by atoms with van der Waals surface area (Å²) in [4.78, 5) is 19.4. The van der Waals surface area contributed by atoms with Crippen LogP contribution in [-0.2, 0) is 13.1 Å². The summed E-state index contributed by atoms with van der Waals surface area (Å²) in [5, 5.41) is 4.53. The lowest BCUT2D eigenvalue weighted by Gasteiger charge is -2.32. The van der Waals surface area contributed by atoms with Gasteiger partial charge in [0.15, 0.2) is 11.5 Å². The predicted molar refractivity (Wildman–Crippen MR) is 124 cm³/mol. The Hall–Kier alpha value is -2.97. The third-order valence-electron chi connectivity index (χ3n) is 6.57. The number of aromatic nitrogens is 2. The number of hydrogen-bond donors (Lipinski definition) is 1. The first kappa shape index (κ1) is 21.9. The monoisotopic (exact) mass is 452 g/mol. The molecular formula is C25H29FN4O3. The van der Waals surface area contributed by atoms with Crippen molar-refractivity contribution in [2.75, 3.05) is 32.8 Å². The Kier molecular flexibility index (Phi) is 6.28. The largest absolute Gasteiger partial charge is 0.486 e. The van der Waals surface area contributed by atoms with E-state index in [-0.39, 0.29) is 11.4 Å². The smallest absolute Gasteiger partial charge is 0.251 e. The van der Waals surface area contributed by atoms with Crippen LogP contribution < -0.4 is 20.3 Å². The average Bonchev–Trinajstić information content (AvgIpc) is 2.83. The van der Waals surface area contributed by atoms with E-state index in [0.717, 1.165) is 54.9 Å². The molecule has 174 valence electrons. The molecule has 0 atom stereocenters. The van der Waals surface area contributed by atoms with Gasteiger partial charge < -0.3 is 24.3 Å². The molecule has 0 aliphatic carbocycles. The summed E-state index contributed by atoms with van der Waals surface area (Å²) in [5.74, 6) is 1.16. The zero-order valence-electron chi connectivity index (χ0n) is 18.8. The van der Waals surface area contributed by atoms with Gasteiger partial charge in [0.2, 0.25) is 0 Å². The zero-order chi connectivity index (χ0) is 22.8. The fourth-order valence-corrected chi connectivity index (χ4v) is 4.69. The molecule has 0 saturated carbocycles. The molecule has 1 aromatic carbocycles. The van der Waals surface area contributed by atoms with Crippen molar-refractivity contribution < 1.29 is 13.9 Å². The molecule has 5 rings (SSSR count). The van der Waals surface area contributed by atoms with Gasteiger partial charge in [0.25, 0.3) is 5.56 Å². The van der Waals surface area contributed by atoms with E-state index in [4.69, 9.17) is 9.47 Å². The highest BCUT2D eigenvalue weighted by molar-refractivity contribution is 5.82. The maximum absolute atomic E-state index is 13.8. The Bertz CT molecular complexity index is 1200. The minimum Gasteiger partial charge on any atom is -0.486 e. The van der Waals surface area contributed by atoms with Gasteiger partial charge in [-0.3, -0.25) is 9.78 Å². The van der Waals surface area contributed by atoms with E-state index < -0.39 is 0 Å². The second-order valence-electron chi connectivity index (χ2n) is 8.79. The molecule has 0 amide bonds. The third-order valence-corrected chi connectivity index (χ3v) is 6.57. The Morgan fingerprint density at radius 1 is 1.09 bits per heavy atom. The summed E-state index contributed by atoms with van der Waals surface area (Å²) in [6.07, 6.45) is 3.79. The minimum absolute atomic E-state index is 0.0749. The van der Waals surface area contributed by atoms with Gasteiger partial charge in [-0.2, -0.15) is 0 Å². The van der Waals surface area contributed by atoms with Crippen LogP contribution in [0.5, 0.6) is 11.5 Å². The number of ether oxygens (including phenoxy) is 2. The third kappa shape index (κ3) is 4.86. The first-order chi connectivity index (χ1) is 16.1. The van der Waals surface area contributed by atoms with Gasteiger partial charge in [-0.15, -0.1) is 0 Å². The van der Waals surface area contributed by atoms with Crippen LogP contribution >= 0.6 is 0 Å². The zero-order valence-corrected chi connectivity index (χ0v) is 18.8. The van der Waals surface area contributed by atoms with E-state index in [1.54, 1.807) is 22.9 Å². The summed E-state index contributed by atoms with van der Waals surface area (Å²) >= 11 is 0. The first-order valence-electron chi connectivity index (χ1n) is 11.6. The van der Waals surface area contributed by atoms with Crippen LogP contribution in [0.4, 0.5) is 4.39 Å². The number of likely N-dealkylation sites (tertiary alicyclic amines) is 1. The van der Waals surface area contributed by atoms with E-state index in [1.807, 2.05) is 13.0 Å². The average molecular weight is 453 g/mol. The Morgan fingerprint density at radius 3 is 2.70 bits per heavy atom. The Labute approximate surface area is 192 Å². The molecule has 7 nitrogen and oxygen atoms in total. The molecule has 0 unspecified atom stereocenters. The number of benzene rings is 1. The molecule has 1 N–H and O–H groups in total. The highest BCUT2D eigenvalue weighted by atomic mass is 19.1. The van der Waals surface area contributed by atoms with Crippen LogP contribution in [0.15, 0.2) is 41.3 Å². The van der Waals surface area contributed by atoms with Gasteiger partial charge in [0.05, 0.1) is 17.4 Å². The molecular weight excluding hydrogens is 423 g/mol. The molecule has 1 fully saturated rings. The van der Waals surface area contributed by atoms with Gasteiger partial charge in [-0.05, 0) is 56.6 Å². The second-order valence-corrected chi connectivity index (χ2v) is 8.79. The van der Waals surface area contributed by atoms with Crippen molar-refractivity contribution in [1.82, 2.24) is 19.8 Å². The lowest BCUT2D eigenvalue weighted by molar-refractivity contribution is 0.170. The number of halogens is 1. The fraction of sp³-hybridized carbons (Fsp3) is 0.440. The lowest BCUT2D eigenvalue weighted by Crippen LogP contribution is -2.43. The van der Waals surface area contributed by atoms with E-state index >= 15 is 0 Å². The van der Waals surface area contributed by atoms with Crippen molar-refractivity contribution in [2.45, 2.75) is 38.9 Å². The topological polar surface area (TPSA) is 68.6 Å². The van der Waals surface area contributed by atoms with Crippen molar-refractivity contribution in [3.63, 3.8) is 0 Å². The number of fused-ring (bicyclic) bond motifs is 2. The number of piperidine rings is 1. The number of rotatable bonds is 6. The SMILES string of the molecule is Cc1cc(=O)n(CCN2CCC(NCc3cc4c(cn3)OCCO4)CC2)c2cc(F)ccc12. The van der Waals surface area contributed by atoms with E-state index in [9.17, 15) is 9.18 Å². The summed E-state index contributed by atoms with van der Waals surface area (Å²) in [6.45, 7) is 6.96. The Balaban J connectivity index is 1.14. The number of aryl methyl sites for hydroxylation is 1. The molecule has 0 radical (unpaired) electrons. The normalized spacial score (nSPS) is 16.9. The minimum atomic E-state index is -0.319. The quantitative estimate of drug-likeness (QED) is 0.620. The van der Waals surface area contributed by atoms with Gasteiger partial charge in [-0.1, -0.05) is 0 Å². The number of nitrogens with zero attached hydrogens (tertiary/aromatic N) is 3. The number of pyridine rings is 2. The van der Waals surface area contributed by atoms with E-state index in [0.29, 0.717) is 43.6 Å². The molecule has 0 bridgehead atoms. The second kappa shape index (κ2) is 9.49. The predicted octanol–water partition coefficient (Wildman–Crippen LogP) is 2.87. The van der Waals surface area contributed by atoms with Crippen molar-refractivity contribution >= 4 is 10.9 Å². The molecule has 8 heteroatoms. The standard InChI is InChI=1S/C25H29FN4O3/c1-17-12-25(31)30(22-13-18(26)2-3-21(17)22)9-8-29-6-4-19(5-7-29)27-15-20-14-23-24(16-28-20)33-11-10-32-23/h2-3,12-14,16,19,27H,4-11,15H2,1H3. The molecule has 33 heavy (non-hydrogen) atoms. The van der Waals surface area contributed by atoms with Gasteiger partial charge in [0.1, 0.15) is 19.0 Å². The van der Waals surface area contributed by atoms with Gasteiger partial charge in [-0.25, -0.2) is 4.39 Å². The summed E-state index contributed by atoms with van der Waals surface area (Å²) in [7, 11) is 0. The van der Waals surface area contributed by atoms with Gasteiger partial charge >= 0.3 is 0 Å². The molecule has 2 aromatic heterocycles. The highest BCUT2D eigenvalue weighted by Crippen LogP contribution is 2.29. The molecule has 1 saturated heterocycles. The van der Waals surface area contributed by atoms with Crippen molar-refractivity contribution in [1.29, 1.82) is 0 Å². The maximum atomic E-state index is 13.8. The van der Waals surface area contributed by atoms with Crippen molar-refractivity contribution in [3.05, 3.63) is 64.0 Å². The molecule has 2 aliphatic rings. The number of hydrogen-bond acceptors (Lipinski definition) is 6. The maximum Gasteiger partial charge on any atom is 0.251 e. The highest BCUT2D eigenvalue weighted by Gasteiger charge is 2.20. The van der Waals surface area contributed by atoms with Crippen LogP contribution in [0.1, 0.15) is 24.1 Å². The molecule has 3 aromatic rings. The van der Waals surface area contributed by atoms with Crippen LogP contribution in [0.25, 0.3) is 10.9 Å². The van der Waals surface area contributed by atoms with Gasteiger partial charge in [0, 0.05) is 43.2 Å². The van der Waals surface area contributed by atoms with Crippen molar-refractivity contribution in [2.24, 2.45) is 0 Å². The van der Waals surface area contributed by atoms with E-state index in [1.165, 1.54) is 12.1 Å². The molecule has 0 spiro atoms. The fourth-order valence-electron chi connectivity index (χ4n) is 4.69. The van der Waals surface area contributed by atoms with Crippen LogP contribution in [0, 0.1) is 12.7 Å².